The van der Waals surface area contributed by atoms with Crippen molar-refractivity contribution < 1.29 is 23.9 Å². The first-order valence-corrected chi connectivity index (χ1v) is 11.1. The quantitative estimate of drug-likeness (QED) is 0.467. The van der Waals surface area contributed by atoms with Crippen LogP contribution in [0.4, 0.5) is 4.79 Å². The second-order valence-corrected chi connectivity index (χ2v) is 8.52. The fourth-order valence-corrected chi connectivity index (χ4v) is 4.39. The lowest BCUT2D eigenvalue weighted by atomic mass is 9.81. The normalized spacial score (nSPS) is 19.2. The van der Waals surface area contributed by atoms with Crippen LogP contribution in [0.3, 0.4) is 0 Å². The van der Waals surface area contributed by atoms with E-state index in [0.29, 0.717) is 41.4 Å². The van der Waals surface area contributed by atoms with Gasteiger partial charge in [-0.15, -0.1) is 0 Å². The fourth-order valence-electron chi connectivity index (χ4n) is 4.39. The van der Waals surface area contributed by atoms with Gasteiger partial charge in [-0.3, -0.25) is 14.5 Å². The number of hydrogen-bond acceptors (Lipinski definition) is 5. The molecule has 0 radical (unpaired) electrons. The molecule has 1 saturated heterocycles. The van der Waals surface area contributed by atoms with Gasteiger partial charge in [-0.05, 0) is 54.3 Å². The van der Waals surface area contributed by atoms with E-state index in [1.807, 2.05) is 50.2 Å². The molecule has 172 valence electrons. The lowest BCUT2D eigenvalue weighted by molar-refractivity contribution is -0.129. The second-order valence-electron chi connectivity index (χ2n) is 8.52. The highest BCUT2D eigenvalue weighted by Gasteiger charge is 2.54. The number of carbonyl (C=O) groups excluding carboxylic acids is 3. The monoisotopic (exact) mass is 456 g/mol. The number of urea groups is 1. The van der Waals surface area contributed by atoms with Crippen LogP contribution in [0.1, 0.15) is 32.6 Å². The zero-order valence-electron chi connectivity index (χ0n) is 19.0. The van der Waals surface area contributed by atoms with Crippen molar-refractivity contribution in [3.05, 3.63) is 94.5 Å². The number of hydrogen-bond donors (Lipinski definition) is 1. The van der Waals surface area contributed by atoms with Gasteiger partial charge < -0.3 is 14.8 Å². The van der Waals surface area contributed by atoms with E-state index in [-0.39, 0.29) is 12.3 Å². The van der Waals surface area contributed by atoms with E-state index in [0.717, 1.165) is 16.0 Å². The maximum Gasteiger partial charge on any atom is 0.325 e. The standard InChI is InChI=1S/C27H24N2O5/c1-17-8-10-21(14-18(17)2)27(20-6-4-3-5-7-20)25(31)29(26(32)28-27)16-22(30)19-9-11-23-24(15-19)34-13-12-33-23/h3-11,14-15H,12-13,16H2,1-2H3,(H,28,32)/t27-/m1/s1. The number of ketones is 1. The van der Waals surface area contributed by atoms with Crippen molar-refractivity contribution in [3.8, 4) is 11.5 Å². The third kappa shape index (κ3) is 3.50. The van der Waals surface area contributed by atoms with Gasteiger partial charge >= 0.3 is 6.03 Å². The van der Waals surface area contributed by atoms with Gasteiger partial charge in [0.05, 0.1) is 6.54 Å². The molecular formula is C27H24N2O5. The van der Waals surface area contributed by atoms with Crippen LogP contribution in [0.15, 0.2) is 66.7 Å². The first-order chi connectivity index (χ1) is 16.4. The van der Waals surface area contributed by atoms with E-state index in [9.17, 15) is 14.4 Å². The average molecular weight is 456 g/mol. The highest BCUT2D eigenvalue weighted by Crippen LogP contribution is 2.37. The highest BCUT2D eigenvalue weighted by molar-refractivity contribution is 6.13. The number of imide groups is 1. The minimum Gasteiger partial charge on any atom is -0.486 e. The molecule has 0 spiro atoms. The Hall–Kier alpha value is -4.13. The zero-order valence-corrected chi connectivity index (χ0v) is 19.0. The number of benzene rings is 3. The maximum atomic E-state index is 13.9. The van der Waals surface area contributed by atoms with E-state index in [4.69, 9.17) is 9.47 Å². The molecule has 2 heterocycles. The summed E-state index contributed by atoms with van der Waals surface area (Å²) >= 11 is 0. The third-order valence-electron chi connectivity index (χ3n) is 6.42. The first-order valence-electron chi connectivity index (χ1n) is 11.1. The Kier molecular flexibility index (Phi) is 5.32. The van der Waals surface area contributed by atoms with E-state index < -0.39 is 17.5 Å². The summed E-state index contributed by atoms with van der Waals surface area (Å²) in [4.78, 5) is 41.1. The molecule has 1 N–H and O–H groups in total. The van der Waals surface area contributed by atoms with Crippen LogP contribution in [0, 0.1) is 13.8 Å². The van der Waals surface area contributed by atoms with Crippen LogP contribution in [0.25, 0.3) is 0 Å². The SMILES string of the molecule is Cc1ccc([C@@]2(c3ccccc3)NC(=O)N(CC(=O)c3ccc4c(c3)OCCO4)C2=O)cc1C. The molecule has 2 aliphatic heterocycles. The molecule has 0 unspecified atom stereocenters. The number of ether oxygens (including phenoxy) is 2. The molecule has 2 aliphatic rings. The number of Topliss-reactive ketones (excluding diaryl/α,β-unsaturated/α-hetero) is 1. The molecule has 3 aromatic rings. The summed E-state index contributed by atoms with van der Waals surface area (Å²) < 4.78 is 11.1. The molecule has 5 rings (SSSR count). The summed E-state index contributed by atoms with van der Waals surface area (Å²) in [7, 11) is 0. The zero-order chi connectivity index (χ0) is 23.9. The van der Waals surface area contributed by atoms with Crippen molar-refractivity contribution in [2.45, 2.75) is 19.4 Å². The number of nitrogens with zero attached hydrogens (tertiary/aromatic N) is 1. The largest absolute Gasteiger partial charge is 0.486 e. The van der Waals surface area contributed by atoms with Crippen LogP contribution in [-0.2, 0) is 10.3 Å². The molecular weight excluding hydrogens is 432 g/mol. The van der Waals surface area contributed by atoms with Crippen molar-refractivity contribution >= 4 is 17.7 Å². The Labute approximate surface area is 197 Å². The molecule has 0 aromatic heterocycles. The minimum atomic E-state index is -1.41. The molecule has 0 aliphatic carbocycles. The van der Waals surface area contributed by atoms with Crippen LogP contribution >= 0.6 is 0 Å². The Morgan fingerprint density at radius 1 is 0.882 bits per heavy atom. The Morgan fingerprint density at radius 3 is 2.35 bits per heavy atom. The predicted molar refractivity (Wildman–Crippen MR) is 125 cm³/mol. The molecule has 0 bridgehead atoms. The number of aryl methyl sites for hydroxylation is 2. The van der Waals surface area contributed by atoms with Gasteiger partial charge in [-0.2, -0.15) is 0 Å². The second kappa shape index (κ2) is 8.33. The van der Waals surface area contributed by atoms with Crippen molar-refractivity contribution in [3.63, 3.8) is 0 Å². The van der Waals surface area contributed by atoms with Gasteiger partial charge in [0.2, 0.25) is 0 Å². The third-order valence-corrected chi connectivity index (χ3v) is 6.42. The summed E-state index contributed by atoms with van der Waals surface area (Å²) in [5.41, 5.74) is 2.28. The molecule has 34 heavy (non-hydrogen) atoms. The van der Waals surface area contributed by atoms with Gasteiger partial charge in [-0.25, -0.2) is 4.79 Å². The molecule has 3 aromatic carbocycles. The van der Waals surface area contributed by atoms with E-state index in [1.165, 1.54) is 0 Å². The van der Waals surface area contributed by atoms with E-state index in [2.05, 4.69) is 5.32 Å². The maximum absolute atomic E-state index is 13.9. The van der Waals surface area contributed by atoms with Crippen LogP contribution in [0.2, 0.25) is 0 Å². The van der Waals surface area contributed by atoms with Crippen molar-refractivity contribution in [2.75, 3.05) is 19.8 Å². The van der Waals surface area contributed by atoms with Crippen molar-refractivity contribution in [1.82, 2.24) is 10.2 Å². The number of carbonyl (C=O) groups is 3. The fraction of sp³-hybridized carbons (Fsp3) is 0.222. The molecule has 1 atom stereocenters. The molecule has 7 heteroatoms. The van der Waals surface area contributed by atoms with Crippen LogP contribution in [-0.4, -0.2) is 42.4 Å². The Bertz CT molecular complexity index is 1300. The van der Waals surface area contributed by atoms with Gasteiger partial charge in [0.1, 0.15) is 13.2 Å². The Balaban J connectivity index is 1.50. The van der Waals surface area contributed by atoms with Gasteiger partial charge in [-0.1, -0.05) is 48.5 Å². The summed E-state index contributed by atoms with van der Waals surface area (Å²) in [5.74, 6) is 0.181. The average Bonchev–Trinajstić information content (AvgIpc) is 3.11. The van der Waals surface area contributed by atoms with Gasteiger partial charge in [0, 0.05) is 5.56 Å². The van der Waals surface area contributed by atoms with Crippen molar-refractivity contribution in [2.24, 2.45) is 0 Å². The van der Waals surface area contributed by atoms with Crippen LogP contribution < -0.4 is 14.8 Å². The predicted octanol–water partition coefficient (Wildman–Crippen LogP) is 3.75. The Morgan fingerprint density at radius 2 is 1.62 bits per heavy atom. The van der Waals surface area contributed by atoms with E-state index in [1.54, 1.807) is 30.3 Å². The van der Waals surface area contributed by atoms with E-state index >= 15 is 0 Å². The number of amides is 3. The van der Waals surface area contributed by atoms with Crippen molar-refractivity contribution in [1.29, 1.82) is 0 Å². The number of rotatable bonds is 5. The summed E-state index contributed by atoms with van der Waals surface area (Å²) in [6.07, 6.45) is 0. The molecule has 1 fully saturated rings. The summed E-state index contributed by atoms with van der Waals surface area (Å²) in [5, 5.41) is 2.89. The number of nitrogens with one attached hydrogen (secondary N) is 1. The van der Waals surface area contributed by atoms with Gasteiger partial charge in [0.15, 0.2) is 22.8 Å². The molecule has 3 amide bonds. The lowest BCUT2D eigenvalue weighted by Gasteiger charge is -2.28. The lowest BCUT2D eigenvalue weighted by Crippen LogP contribution is -2.45. The minimum absolute atomic E-state index is 0.341. The number of fused-ring (bicyclic) bond motifs is 1. The highest BCUT2D eigenvalue weighted by atomic mass is 16.6. The summed E-state index contributed by atoms with van der Waals surface area (Å²) in [6, 6.07) is 19.0. The van der Waals surface area contributed by atoms with Crippen LogP contribution in [0.5, 0.6) is 11.5 Å². The smallest absolute Gasteiger partial charge is 0.325 e. The van der Waals surface area contributed by atoms with Gasteiger partial charge in [0.25, 0.3) is 5.91 Å². The summed E-state index contributed by atoms with van der Waals surface area (Å²) in [6.45, 7) is 4.41. The topological polar surface area (TPSA) is 84.9 Å². The molecule has 0 saturated carbocycles. The first kappa shape index (κ1) is 21.7. The molecule has 7 nitrogen and oxygen atoms in total.